The van der Waals surface area contributed by atoms with Crippen molar-refractivity contribution < 1.29 is 9.84 Å². The third kappa shape index (κ3) is 2.06. The van der Waals surface area contributed by atoms with Crippen molar-refractivity contribution in [1.82, 2.24) is 14.7 Å². The monoisotopic (exact) mass is 251 g/mol. The first-order chi connectivity index (χ1) is 8.79. The van der Waals surface area contributed by atoms with Crippen LogP contribution in [0.1, 0.15) is 29.8 Å². The summed E-state index contributed by atoms with van der Waals surface area (Å²) in [6.07, 6.45) is 3.30. The van der Waals surface area contributed by atoms with Crippen molar-refractivity contribution in [3.05, 3.63) is 17.0 Å². The summed E-state index contributed by atoms with van der Waals surface area (Å²) in [7, 11) is 1.97. The van der Waals surface area contributed by atoms with Crippen LogP contribution in [0.4, 0.5) is 0 Å². The second kappa shape index (κ2) is 4.99. The molecule has 2 aliphatic rings. The highest BCUT2D eigenvalue weighted by Gasteiger charge is 2.28. The Bertz CT molecular complexity index is 424. The normalized spacial score (nSPS) is 22.1. The standard InChI is InChI=1S/C13H21N3O2/c1-15-13-2-5-16(10-3-6-18-7-4-10)8-11(13)12(9-17)14-15/h10,17H,2-9H2,1H3. The molecule has 0 bridgehead atoms. The van der Waals surface area contributed by atoms with Crippen LogP contribution in [-0.2, 0) is 31.4 Å². The lowest BCUT2D eigenvalue weighted by atomic mass is 10.00. The van der Waals surface area contributed by atoms with Gasteiger partial charge in [0.25, 0.3) is 0 Å². The maximum atomic E-state index is 9.39. The summed E-state index contributed by atoms with van der Waals surface area (Å²) in [4.78, 5) is 2.53. The Labute approximate surface area is 107 Å². The van der Waals surface area contributed by atoms with E-state index in [-0.39, 0.29) is 6.61 Å². The molecule has 100 valence electrons. The molecule has 5 nitrogen and oxygen atoms in total. The Morgan fingerprint density at radius 3 is 2.89 bits per heavy atom. The summed E-state index contributed by atoms with van der Waals surface area (Å²) in [5, 5.41) is 13.8. The largest absolute Gasteiger partial charge is 0.390 e. The molecule has 3 rings (SSSR count). The Hall–Kier alpha value is -0.910. The third-order valence-electron chi connectivity index (χ3n) is 4.21. The maximum Gasteiger partial charge on any atom is 0.0926 e. The van der Waals surface area contributed by atoms with Crippen molar-refractivity contribution in [1.29, 1.82) is 0 Å². The number of fused-ring (bicyclic) bond motifs is 1. The molecule has 0 unspecified atom stereocenters. The first-order valence-corrected chi connectivity index (χ1v) is 6.76. The van der Waals surface area contributed by atoms with E-state index in [0.717, 1.165) is 51.3 Å². The van der Waals surface area contributed by atoms with Gasteiger partial charge in [0.05, 0.1) is 12.3 Å². The highest BCUT2D eigenvalue weighted by atomic mass is 16.5. The molecule has 0 saturated carbocycles. The number of rotatable bonds is 2. The average molecular weight is 251 g/mol. The third-order valence-corrected chi connectivity index (χ3v) is 4.21. The lowest BCUT2D eigenvalue weighted by Gasteiger charge is -2.36. The van der Waals surface area contributed by atoms with Crippen molar-refractivity contribution in [2.45, 2.75) is 38.5 Å². The van der Waals surface area contributed by atoms with Crippen LogP contribution in [0.25, 0.3) is 0 Å². The summed E-state index contributed by atoms with van der Waals surface area (Å²) in [5.41, 5.74) is 3.39. The van der Waals surface area contributed by atoms with Gasteiger partial charge in [-0.25, -0.2) is 0 Å². The summed E-state index contributed by atoms with van der Waals surface area (Å²) >= 11 is 0. The molecule has 2 aliphatic heterocycles. The van der Waals surface area contributed by atoms with Crippen molar-refractivity contribution in [3.8, 4) is 0 Å². The van der Waals surface area contributed by atoms with Crippen molar-refractivity contribution in [2.24, 2.45) is 7.05 Å². The van der Waals surface area contributed by atoms with Crippen LogP contribution in [0.5, 0.6) is 0 Å². The van der Waals surface area contributed by atoms with Gasteiger partial charge in [0.1, 0.15) is 0 Å². The van der Waals surface area contributed by atoms with Gasteiger partial charge in [-0.15, -0.1) is 0 Å². The minimum absolute atomic E-state index is 0.0464. The zero-order valence-electron chi connectivity index (χ0n) is 10.9. The van der Waals surface area contributed by atoms with E-state index in [1.165, 1.54) is 11.3 Å². The zero-order chi connectivity index (χ0) is 12.5. The lowest BCUT2D eigenvalue weighted by Crippen LogP contribution is -2.42. The van der Waals surface area contributed by atoms with Crippen LogP contribution in [0, 0.1) is 0 Å². The molecule has 1 N–H and O–H groups in total. The van der Waals surface area contributed by atoms with E-state index in [1.54, 1.807) is 0 Å². The highest BCUT2D eigenvalue weighted by molar-refractivity contribution is 5.28. The number of aryl methyl sites for hydroxylation is 1. The SMILES string of the molecule is Cn1nc(CO)c2c1CCN(C1CCOCC1)C2. The number of hydrogen-bond acceptors (Lipinski definition) is 4. The molecular formula is C13H21N3O2. The number of ether oxygens (including phenoxy) is 1. The maximum absolute atomic E-state index is 9.39. The number of nitrogens with zero attached hydrogens (tertiary/aromatic N) is 3. The summed E-state index contributed by atoms with van der Waals surface area (Å²) in [6.45, 7) is 3.85. The van der Waals surface area contributed by atoms with Gasteiger partial charge in [0.15, 0.2) is 0 Å². The zero-order valence-corrected chi connectivity index (χ0v) is 10.9. The summed E-state index contributed by atoms with van der Waals surface area (Å²) in [6, 6.07) is 0.638. The van der Waals surface area contributed by atoms with Crippen LogP contribution in [-0.4, -0.2) is 45.6 Å². The molecule has 5 heteroatoms. The van der Waals surface area contributed by atoms with Crippen LogP contribution < -0.4 is 0 Å². The van der Waals surface area contributed by atoms with Gasteiger partial charge in [-0.2, -0.15) is 5.10 Å². The molecule has 1 aromatic heterocycles. The number of aromatic nitrogens is 2. The molecule has 3 heterocycles. The van der Waals surface area contributed by atoms with Crippen LogP contribution >= 0.6 is 0 Å². The van der Waals surface area contributed by atoms with Crippen molar-refractivity contribution in [3.63, 3.8) is 0 Å². The quantitative estimate of drug-likeness (QED) is 0.829. The first kappa shape index (κ1) is 12.1. The van der Waals surface area contributed by atoms with Crippen LogP contribution in [0.15, 0.2) is 0 Å². The smallest absolute Gasteiger partial charge is 0.0926 e. The molecule has 0 atom stereocenters. The number of hydrogen-bond donors (Lipinski definition) is 1. The topological polar surface area (TPSA) is 50.5 Å². The summed E-state index contributed by atoms with van der Waals surface area (Å²) < 4.78 is 7.36. The molecule has 0 aromatic carbocycles. The molecule has 18 heavy (non-hydrogen) atoms. The Morgan fingerprint density at radius 1 is 1.39 bits per heavy atom. The van der Waals surface area contributed by atoms with E-state index in [1.807, 2.05) is 11.7 Å². The van der Waals surface area contributed by atoms with E-state index >= 15 is 0 Å². The average Bonchev–Trinajstić information content (AvgIpc) is 2.76. The highest BCUT2D eigenvalue weighted by Crippen LogP contribution is 2.26. The lowest BCUT2D eigenvalue weighted by molar-refractivity contribution is 0.0286. The molecule has 0 amide bonds. The summed E-state index contributed by atoms with van der Waals surface area (Å²) in [5.74, 6) is 0. The van der Waals surface area contributed by atoms with Crippen molar-refractivity contribution in [2.75, 3.05) is 19.8 Å². The second-order valence-corrected chi connectivity index (χ2v) is 5.22. The fourth-order valence-corrected chi connectivity index (χ4v) is 3.18. The van der Waals surface area contributed by atoms with Gasteiger partial charge < -0.3 is 9.84 Å². The van der Waals surface area contributed by atoms with Crippen molar-refractivity contribution >= 4 is 0 Å². The van der Waals surface area contributed by atoms with Crippen LogP contribution in [0.3, 0.4) is 0 Å². The molecule has 0 aliphatic carbocycles. The van der Waals surface area contributed by atoms with Crippen LogP contribution in [0.2, 0.25) is 0 Å². The van der Waals surface area contributed by atoms with Gasteiger partial charge >= 0.3 is 0 Å². The first-order valence-electron chi connectivity index (χ1n) is 6.76. The van der Waals surface area contributed by atoms with Gasteiger partial charge in [0, 0.05) is 57.1 Å². The Kier molecular flexibility index (Phi) is 3.37. The van der Waals surface area contributed by atoms with E-state index in [9.17, 15) is 5.11 Å². The molecule has 0 radical (unpaired) electrons. The molecule has 0 spiro atoms. The molecule has 1 aromatic rings. The van der Waals surface area contributed by atoms with Gasteiger partial charge in [-0.3, -0.25) is 9.58 Å². The second-order valence-electron chi connectivity index (χ2n) is 5.22. The Balaban J connectivity index is 1.79. The molecule has 1 saturated heterocycles. The van der Waals surface area contributed by atoms with Gasteiger partial charge in [-0.1, -0.05) is 0 Å². The minimum Gasteiger partial charge on any atom is -0.390 e. The predicted molar refractivity (Wildman–Crippen MR) is 67.1 cm³/mol. The van der Waals surface area contributed by atoms with E-state index in [4.69, 9.17) is 4.74 Å². The van der Waals surface area contributed by atoms with E-state index in [0.29, 0.717) is 6.04 Å². The fourth-order valence-electron chi connectivity index (χ4n) is 3.18. The van der Waals surface area contributed by atoms with E-state index in [2.05, 4.69) is 10.00 Å². The number of aliphatic hydroxyl groups is 1. The molecule has 1 fully saturated rings. The fraction of sp³-hybridized carbons (Fsp3) is 0.769. The number of aliphatic hydroxyl groups excluding tert-OH is 1. The minimum atomic E-state index is 0.0464. The van der Waals surface area contributed by atoms with Gasteiger partial charge in [-0.05, 0) is 12.8 Å². The molecular weight excluding hydrogens is 230 g/mol. The van der Waals surface area contributed by atoms with Gasteiger partial charge in [0.2, 0.25) is 0 Å². The van der Waals surface area contributed by atoms with E-state index < -0.39 is 0 Å². The Morgan fingerprint density at radius 2 is 2.17 bits per heavy atom. The predicted octanol–water partition coefficient (Wildman–Crippen LogP) is 0.449.